The van der Waals surface area contributed by atoms with E-state index in [0.717, 1.165) is 61.4 Å². The number of pyridine rings is 1. The van der Waals surface area contributed by atoms with Crippen LogP contribution >= 0.6 is 0 Å². The highest BCUT2D eigenvalue weighted by Crippen LogP contribution is 2.30. The van der Waals surface area contributed by atoms with Crippen LogP contribution in [0.4, 0.5) is 23.4 Å². The van der Waals surface area contributed by atoms with Gasteiger partial charge in [0.25, 0.3) is 5.89 Å². The fourth-order valence-electron chi connectivity index (χ4n) is 4.73. The standard InChI is InChI=1S/C26H25F4N7O2/c1-16-12-21(25-32-24(34-39-25)18-2-5-22(20(27)14-18)38-26(28,29)30)33-37(16)15-17-6-7-31-23(13-17)36-10-8-35(9-11-36)19-3-4-19/h2,5-7,12-14,19H,3-4,8-11,15H2,1H3. The fraction of sp³-hybridized carbons (Fsp3) is 0.385. The van der Waals surface area contributed by atoms with Crippen LogP contribution in [0.3, 0.4) is 0 Å². The molecule has 0 N–H and O–H groups in total. The molecule has 2 fully saturated rings. The maximum atomic E-state index is 14.1. The smallest absolute Gasteiger partial charge is 0.403 e. The molecular formula is C26H25F4N7O2. The predicted molar refractivity (Wildman–Crippen MR) is 132 cm³/mol. The van der Waals surface area contributed by atoms with Gasteiger partial charge in [-0.25, -0.2) is 9.37 Å². The molecule has 0 amide bonds. The van der Waals surface area contributed by atoms with Gasteiger partial charge in [-0.15, -0.1) is 13.2 Å². The first kappa shape index (κ1) is 25.3. The van der Waals surface area contributed by atoms with Crippen molar-refractivity contribution in [3.05, 3.63) is 59.7 Å². The summed E-state index contributed by atoms with van der Waals surface area (Å²) >= 11 is 0. The number of alkyl halides is 3. The SMILES string of the molecule is Cc1cc(-c2nc(-c3ccc(OC(F)(F)F)c(F)c3)no2)nn1Cc1ccnc(N2CCN(C3CC3)CC2)c1. The molecule has 1 aliphatic heterocycles. The minimum Gasteiger partial charge on any atom is -0.403 e. The highest BCUT2D eigenvalue weighted by molar-refractivity contribution is 5.59. The van der Waals surface area contributed by atoms with Crippen LogP contribution in [0.15, 0.2) is 47.1 Å². The van der Waals surface area contributed by atoms with E-state index in [9.17, 15) is 17.6 Å². The Morgan fingerprint density at radius 1 is 1.05 bits per heavy atom. The third-order valence-corrected chi connectivity index (χ3v) is 6.89. The van der Waals surface area contributed by atoms with E-state index in [-0.39, 0.29) is 17.3 Å². The summed E-state index contributed by atoms with van der Waals surface area (Å²) in [5.74, 6) is -1.07. The predicted octanol–water partition coefficient (Wildman–Crippen LogP) is 4.67. The molecular weight excluding hydrogens is 518 g/mol. The average molecular weight is 544 g/mol. The van der Waals surface area contributed by atoms with E-state index in [4.69, 9.17) is 4.52 Å². The Balaban J connectivity index is 1.14. The minimum atomic E-state index is -5.00. The van der Waals surface area contributed by atoms with Crippen molar-refractivity contribution in [3.63, 3.8) is 0 Å². The molecule has 0 spiro atoms. The fourth-order valence-corrected chi connectivity index (χ4v) is 4.73. The second-order valence-electron chi connectivity index (χ2n) is 9.72. The molecule has 204 valence electrons. The van der Waals surface area contributed by atoms with Crippen LogP contribution in [-0.2, 0) is 6.54 Å². The number of anilines is 1. The van der Waals surface area contributed by atoms with Crippen molar-refractivity contribution < 1.29 is 26.8 Å². The van der Waals surface area contributed by atoms with Crippen LogP contribution in [0, 0.1) is 12.7 Å². The molecule has 1 aliphatic carbocycles. The molecule has 4 heterocycles. The van der Waals surface area contributed by atoms with Gasteiger partial charge in [0.1, 0.15) is 5.82 Å². The second-order valence-corrected chi connectivity index (χ2v) is 9.72. The zero-order valence-corrected chi connectivity index (χ0v) is 21.0. The number of hydrogen-bond donors (Lipinski definition) is 0. The van der Waals surface area contributed by atoms with Crippen molar-refractivity contribution in [1.29, 1.82) is 0 Å². The second kappa shape index (κ2) is 9.95. The van der Waals surface area contributed by atoms with E-state index in [0.29, 0.717) is 12.2 Å². The van der Waals surface area contributed by atoms with Gasteiger partial charge in [0.05, 0.1) is 6.54 Å². The number of rotatable bonds is 7. The van der Waals surface area contributed by atoms with Gasteiger partial charge >= 0.3 is 6.36 Å². The Morgan fingerprint density at radius 2 is 1.85 bits per heavy atom. The first-order valence-corrected chi connectivity index (χ1v) is 12.6. The number of benzene rings is 1. The van der Waals surface area contributed by atoms with Crippen LogP contribution in [0.5, 0.6) is 5.75 Å². The van der Waals surface area contributed by atoms with Gasteiger partial charge < -0.3 is 14.2 Å². The highest BCUT2D eigenvalue weighted by Gasteiger charge is 2.33. The molecule has 0 bridgehead atoms. The van der Waals surface area contributed by atoms with Crippen molar-refractivity contribution in [2.75, 3.05) is 31.1 Å². The van der Waals surface area contributed by atoms with E-state index in [1.807, 2.05) is 23.9 Å². The van der Waals surface area contributed by atoms with E-state index in [1.165, 1.54) is 18.9 Å². The number of aryl methyl sites for hydroxylation is 1. The minimum absolute atomic E-state index is 0.00946. The molecule has 1 aromatic carbocycles. The van der Waals surface area contributed by atoms with Crippen LogP contribution in [-0.4, -0.2) is 68.4 Å². The summed E-state index contributed by atoms with van der Waals surface area (Å²) in [6.07, 6.45) is -0.556. The molecule has 0 atom stereocenters. The van der Waals surface area contributed by atoms with Crippen LogP contribution < -0.4 is 9.64 Å². The van der Waals surface area contributed by atoms with Crippen LogP contribution in [0.2, 0.25) is 0 Å². The molecule has 2 aliphatic rings. The summed E-state index contributed by atoms with van der Waals surface area (Å²) in [6.45, 7) is 6.45. The van der Waals surface area contributed by atoms with Gasteiger partial charge in [-0.2, -0.15) is 10.1 Å². The molecule has 4 aromatic rings. The molecule has 39 heavy (non-hydrogen) atoms. The lowest BCUT2D eigenvalue weighted by atomic mass is 10.2. The summed E-state index contributed by atoms with van der Waals surface area (Å²) in [5.41, 5.74) is 2.47. The number of piperazine rings is 1. The summed E-state index contributed by atoms with van der Waals surface area (Å²) in [7, 11) is 0. The van der Waals surface area contributed by atoms with E-state index < -0.39 is 17.9 Å². The van der Waals surface area contributed by atoms with Gasteiger partial charge in [-0.1, -0.05) is 5.16 Å². The molecule has 0 unspecified atom stereocenters. The molecule has 6 rings (SSSR count). The first-order valence-electron chi connectivity index (χ1n) is 12.6. The zero-order valence-electron chi connectivity index (χ0n) is 21.0. The Kier molecular flexibility index (Phi) is 6.45. The summed E-state index contributed by atoms with van der Waals surface area (Å²) in [5, 5.41) is 8.43. The monoisotopic (exact) mass is 543 g/mol. The Labute approximate surface area is 221 Å². The first-order chi connectivity index (χ1) is 18.7. The Morgan fingerprint density at radius 3 is 2.56 bits per heavy atom. The van der Waals surface area contributed by atoms with Crippen molar-refractivity contribution in [2.45, 2.75) is 38.7 Å². The van der Waals surface area contributed by atoms with Crippen molar-refractivity contribution in [1.82, 2.24) is 29.8 Å². The molecule has 9 nitrogen and oxygen atoms in total. The lowest BCUT2D eigenvalue weighted by Gasteiger charge is -2.35. The van der Waals surface area contributed by atoms with E-state index >= 15 is 0 Å². The largest absolute Gasteiger partial charge is 0.573 e. The zero-order chi connectivity index (χ0) is 27.1. The lowest BCUT2D eigenvalue weighted by Crippen LogP contribution is -2.47. The van der Waals surface area contributed by atoms with Gasteiger partial charge in [0, 0.05) is 49.7 Å². The van der Waals surface area contributed by atoms with Crippen molar-refractivity contribution >= 4 is 5.82 Å². The van der Waals surface area contributed by atoms with Crippen molar-refractivity contribution in [2.24, 2.45) is 0 Å². The summed E-state index contributed by atoms with van der Waals surface area (Å²) in [4.78, 5) is 13.7. The third-order valence-electron chi connectivity index (χ3n) is 6.89. The molecule has 3 aromatic heterocycles. The topological polar surface area (TPSA) is 85.3 Å². The third kappa shape index (κ3) is 5.72. The number of ether oxygens (including phenoxy) is 1. The molecule has 1 saturated carbocycles. The Hall–Kier alpha value is -4.00. The van der Waals surface area contributed by atoms with E-state index in [2.05, 4.69) is 40.8 Å². The van der Waals surface area contributed by atoms with Crippen molar-refractivity contribution in [3.8, 4) is 28.7 Å². The maximum Gasteiger partial charge on any atom is 0.573 e. The average Bonchev–Trinajstić information content (AvgIpc) is 3.53. The normalized spacial score (nSPS) is 16.6. The number of halogens is 4. The summed E-state index contributed by atoms with van der Waals surface area (Å²) in [6, 6.07) is 9.54. The van der Waals surface area contributed by atoms with Crippen LogP contribution in [0.1, 0.15) is 24.1 Å². The number of hydrogen-bond acceptors (Lipinski definition) is 8. The van der Waals surface area contributed by atoms with Gasteiger partial charge in [0.2, 0.25) is 5.82 Å². The van der Waals surface area contributed by atoms with Crippen LogP contribution in [0.25, 0.3) is 23.0 Å². The molecule has 1 saturated heterocycles. The lowest BCUT2D eigenvalue weighted by molar-refractivity contribution is -0.275. The maximum absolute atomic E-state index is 14.1. The molecule has 0 radical (unpaired) electrons. The number of aromatic nitrogens is 5. The van der Waals surface area contributed by atoms with Gasteiger partial charge in [-0.3, -0.25) is 9.58 Å². The summed E-state index contributed by atoms with van der Waals surface area (Å²) < 4.78 is 62.1. The highest BCUT2D eigenvalue weighted by atomic mass is 19.4. The van der Waals surface area contributed by atoms with Gasteiger partial charge in [-0.05, 0) is 61.7 Å². The quantitative estimate of drug-likeness (QED) is 0.311. The Bertz CT molecular complexity index is 1470. The van der Waals surface area contributed by atoms with E-state index in [1.54, 1.807) is 6.07 Å². The number of nitrogens with zero attached hydrogens (tertiary/aromatic N) is 7. The van der Waals surface area contributed by atoms with Gasteiger partial charge in [0.15, 0.2) is 17.3 Å². The molecule has 13 heteroatoms.